The van der Waals surface area contributed by atoms with E-state index in [1.807, 2.05) is 25.1 Å². The number of halogens is 1. The first-order valence-electron chi connectivity index (χ1n) is 9.54. The lowest BCUT2D eigenvalue weighted by atomic mass is 10.0. The molecular formula is C22H26ClN2O5P. The van der Waals surface area contributed by atoms with Gasteiger partial charge in [-0.15, -0.1) is 0 Å². The van der Waals surface area contributed by atoms with E-state index in [0.717, 1.165) is 23.3 Å². The zero-order chi connectivity index (χ0) is 22.9. The number of aryl methyl sites for hydroxylation is 1. The molecule has 2 bridgehead atoms. The van der Waals surface area contributed by atoms with Gasteiger partial charge in [-0.3, -0.25) is 4.57 Å². The molecule has 0 aromatic heterocycles. The molecule has 3 rings (SSSR count). The summed E-state index contributed by atoms with van der Waals surface area (Å²) in [6.07, 6.45) is 17.3. The van der Waals surface area contributed by atoms with E-state index in [1.165, 1.54) is 14.2 Å². The van der Waals surface area contributed by atoms with Crippen molar-refractivity contribution in [3.8, 4) is 5.75 Å². The minimum Gasteiger partial charge on any atom is -0.455 e. The number of benzene rings is 1. The van der Waals surface area contributed by atoms with Crippen molar-refractivity contribution < 1.29 is 18.7 Å². The number of nitroso groups, excluding NO2 is 1. The monoisotopic (exact) mass is 464 g/mol. The highest BCUT2D eigenvalue weighted by molar-refractivity contribution is 7.52. The highest BCUT2D eigenvalue weighted by Gasteiger charge is 2.18. The molecule has 0 aliphatic heterocycles. The number of nitrogens with zero attached hydrogens (tertiary/aromatic N) is 1. The van der Waals surface area contributed by atoms with Crippen LogP contribution in [0.2, 0.25) is 5.02 Å². The first-order chi connectivity index (χ1) is 14.8. The van der Waals surface area contributed by atoms with Gasteiger partial charge in [0.25, 0.3) is 0 Å². The Morgan fingerprint density at radius 1 is 1.32 bits per heavy atom. The molecule has 0 spiro atoms. The van der Waals surface area contributed by atoms with E-state index in [0.29, 0.717) is 16.5 Å². The van der Waals surface area contributed by atoms with E-state index < -0.39 is 7.60 Å². The van der Waals surface area contributed by atoms with E-state index in [-0.39, 0.29) is 12.2 Å². The number of ether oxygens (including phenoxy) is 1. The SMILES string of the molecule is CN=O.COP(=O)(O)CNc1cc(C)c(OC2=CC=CC3C=C2/C=C\C/C=C\3)c(Cl)c1. The second-order valence-corrected chi connectivity index (χ2v) is 9.09. The summed E-state index contributed by atoms with van der Waals surface area (Å²) < 4.78 is 22.4. The van der Waals surface area contributed by atoms with Gasteiger partial charge < -0.3 is 19.5 Å². The van der Waals surface area contributed by atoms with E-state index in [4.69, 9.17) is 21.2 Å². The van der Waals surface area contributed by atoms with Crippen molar-refractivity contribution in [1.82, 2.24) is 0 Å². The normalized spacial score (nSPS) is 20.9. The summed E-state index contributed by atoms with van der Waals surface area (Å²) in [5, 5.41) is 5.54. The highest BCUT2D eigenvalue weighted by Crippen LogP contribution is 2.41. The molecule has 31 heavy (non-hydrogen) atoms. The molecule has 7 nitrogen and oxygen atoms in total. The number of hydrogen-bond acceptors (Lipinski definition) is 6. The fourth-order valence-electron chi connectivity index (χ4n) is 2.90. The maximum absolute atomic E-state index is 11.6. The number of fused-ring (bicyclic) bond motifs is 1. The van der Waals surface area contributed by atoms with E-state index in [9.17, 15) is 9.46 Å². The Kier molecular flexibility index (Phi) is 9.46. The molecule has 1 aromatic rings. The second-order valence-electron chi connectivity index (χ2n) is 6.73. The smallest absolute Gasteiger partial charge is 0.346 e. The molecule has 2 N–H and O–H groups in total. The number of allylic oxidation sites excluding steroid dienone is 8. The molecule has 9 heteroatoms. The van der Waals surface area contributed by atoms with Gasteiger partial charge in [0.2, 0.25) is 0 Å². The zero-order valence-corrected chi connectivity index (χ0v) is 19.3. The van der Waals surface area contributed by atoms with Gasteiger partial charge in [0.15, 0.2) is 0 Å². The second kappa shape index (κ2) is 11.8. The first-order valence-corrected chi connectivity index (χ1v) is 11.7. The van der Waals surface area contributed by atoms with E-state index in [1.54, 1.807) is 6.07 Å². The maximum Gasteiger partial charge on any atom is 0.346 e. The van der Waals surface area contributed by atoms with Crippen LogP contribution in [0.25, 0.3) is 0 Å². The van der Waals surface area contributed by atoms with Gasteiger partial charge in [-0.25, -0.2) is 0 Å². The van der Waals surface area contributed by atoms with Crippen molar-refractivity contribution in [3.63, 3.8) is 0 Å². The number of nitrogens with one attached hydrogen (secondary N) is 1. The van der Waals surface area contributed by atoms with Crippen LogP contribution in [-0.2, 0) is 9.09 Å². The van der Waals surface area contributed by atoms with Crippen LogP contribution >= 0.6 is 19.2 Å². The third-order valence-electron chi connectivity index (χ3n) is 4.37. The molecule has 0 amide bonds. The predicted molar refractivity (Wildman–Crippen MR) is 126 cm³/mol. The maximum atomic E-state index is 11.6. The summed E-state index contributed by atoms with van der Waals surface area (Å²) in [6.45, 7) is 1.88. The Hall–Kier alpha value is -2.44. The third-order valence-corrected chi connectivity index (χ3v) is 5.78. The van der Waals surface area contributed by atoms with E-state index >= 15 is 0 Å². The summed E-state index contributed by atoms with van der Waals surface area (Å²) in [5.41, 5.74) is 2.42. The minimum absolute atomic E-state index is 0.206. The standard InChI is InChI=1S/C21H23ClNO4P.CH3NO/c1-15-11-18(23-14-28(24,25)26-2)13-19(22)21(15)27-20-10-6-8-16-7-4-3-5-9-17(20)12-16;1-2-3/h4-13,16,23H,3,14H2,1-2H3,(H,24,25);1H3/b7-4-,9-5-;. The van der Waals surface area contributed by atoms with Crippen LogP contribution in [0.3, 0.4) is 0 Å². The summed E-state index contributed by atoms with van der Waals surface area (Å²) in [7, 11) is -1.26. The Morgan fingerprint density at radius 2 is 2.06 bits per heavy atom. The van der Waals surface area contributed by atoms with Gasteiger partial charge in [-0.1, -0.05) is 59.3 Å². The average Bonchev–Trinajstić information content (AvgIpc) is 2.91. The molecule has 0 saturated heterocycles. The van der Waals surface area contributed by atoms with Gasteiger partial charge in [-0.05, 0) is 37.1 Å². The van der Waals surface area contributed by atoms with Crippen molar-refractivity contribution in [1.29, 1.82) is 0 Å². The highest BCUT2D eigenvalue weighted by atomic mass is 35.5. The van der Waals surface area contributed by atoms with Gasteiger partial charge in [0.05, 0.1) is 12.1 Å². The van der Waals surface area contributed by atoms with Crippen LogP contribution in [0.4, 0.5) is 5.69 Å². The van der Waals surface area contributed by atoms with Gasteiger partial charge in [0.1, 0.15) is 17.8 Å². The zero-order valence-electron chi connectivity index (χ0n) is 17.6. The lowest BCUT2D eigenvalue weighted by Crippen LogP contribution is -2.05. The Morgan fingerprint density at radius 3 is 2.74 bits per heavy atom. The van der Waals surface area contributed by atoms with Gasteiger partial charge >= 0.3 is 7.60 Å². The van der Waals surface area contributed by atoms with Crippen molar-refractivity contribution in [2.45, 2.75) is 13.3 Å². The summed E-state index contributed by atoms with van der Waals surface area (Å²) >= 11 is 6.45. The van der Waals surface area contributed by atoms with Gasteiger partial charge in [-0.2, -0.15) is 4.91 Å². The fourth-order valence-corrected chi connectivity index (χ4v) is 3.72. The van der Waals surface area contributed by atoms with Crippen LogP contribution in [0.15, 0.2) is 77.3 Å². The molecule has 0 radical (unpaired) electrons. The summed E-state index contributed by atoms with van der Waals surface area (Å²) in [6, 6.07) is 3.48. The first kappa shape index (κ1) is 24.8. The van der Waals surface area contributed by atoms with Crippen molar-refractivity contribution in [2.24, 2.45) is 11.1 Å². The Balaban J connectivity index is 0.00000107. The largest absolute Gasteiger partial charge is 0.455 e. The fraction of sp³-hybridized carbons (Fsp3) is 0.273. The molecule has 2 unspecified atom stereocenters. The molecule has 2 atom stereocenters. The van der Waals surface area contributed by atoms with Crippen LogP contribution in [0.1, 0.15) is 12.0 Å². The molecule has 2 aliphatic carbocycles. The van der Waals surface area contributed by atoms with Crippen LogP contribution in [-0.4, -0.2) is 25.3 Å². The van der Waals surface area contributed by atoms with Gasteiger partial charge in [0, 0.05) is 24.3 Å². The molecular weight excluding hydrogens is 439 g/mol. The third kappa shape index (κ3) is 7.64. The molecule has 2 aliphatic rings. The lowest BCUT2D eigenvalue weighted by Gasteiger charge is -2.17. The summed E-state index contributed by atoms with van der Waals surface area (Å²) in [4.78, 5) is 18.1. The molecule has 0 saturated carbocycles. The minimum atomic E-state index is -3.66. The lowest BCUT2D eigenvalue weighted by molar-refractivity contribution is 0.318. The van der Waals surface area contributed by atoms with E-state index in [2.05, 4.69) is 51.5 Å². The molecule has 0 heterocycles. The van der Waals surface area contributed by atoms with Crippen molar-refractivity contribution in [3.05, 3.63) is 87.6 Å². The quantitative estimate of drug-likeness (QED) is 0.299. The average molecular weight is 465 g/mol. The molecule has 1 aromatic carbocycles. The number of anilines is 1. The Labute approximate surface area is 187 Å². The number of hydrogen-bond donors (Lipinski definition) is 2. The van der Waals surface area contributed by atoms with Crippen LogP contribution in [0, 0.1) is 17.7 Å². The van der Waals surface area contributed by atoms with Crippen molar-refractivity contribution in [2.75, 3.05) is 25.8 Å². The number of rotatable bonds is 6. The van der Waals surface area contributed by atoms with Crippen LogP contribution in [0.5, 0.6) is 5.75 Å². The summed E-state index contributed by atoms with van der Waals surface area (Å²) in [5.74, 6) is 1.50. The van der Waals surface area contributed by atoms with Crippen molar-refractivity contribution >= 4 is 24.9 Å². The molecule has 166 valence electrons. The van der Waals surface area contributed by atoms with Crippen LogP contribution < -0.4 is 10.1 Å². The Bertz CT molecular complexity index is 975. The predicted octanol–water partition coefficient (Wildman–Crippen LogP) is 6.12. The molecule has 0 fully saturated rings. The topological polar surface area (TPSA) is 97.2 Å².